The Labute approximate surface area is 111 Å². The van der Waals surface area contributed by atoms with Gasteiger partial charge in [-0.15, -0.1) is 0 Å². The highest BCUT2D eigenvalue weighted by atomic mass is 32.2. The number of sulfonamides is 1. The van der Waals surface area contributed by atoms with Crippen molar-refractivity contribution in [1.82, 2.24) is 13.9 Å². The average molecular weight is 287 g/mol. The van der Waals surface area contributed by atoms with Gasteiger partial charge in [-0.1, -0.05) is 5.16 Å². The highest BCUT2D eigenvalue weighted by Gasteiger charge is 2.39. The van der Waals surface area contributed by atoms with Crippen LogP contribution in [0.4, 0.5) is 0 Å². The predicted octanol–water partition coefficient (Wildman–Crippen LogP) is -0.372. The number of nitrogens with zero attached hydrogens (tertiary/aromatic N) is 4. The second-order valence-corrected chi connectivity index (χ2v) is 6.37. The van der Waals surface area contributed by atoms with E-state index in [1.807, 2.05) is 0 Å². The third-order valence-corrected chi connectivity index (χ3v) is 5.10. The van der Waals surface area contributed by atoms with E-state index in [9.17, 15) is 8.42 Å². The summed E-state index contributed by atoms with van der Waals surface area (Å²) in [4.78, 5) is 4.04. The molecule has 1 aliphatic rings. The number of aryl methyl sites for hydroxylation is 2. The molecule has 3 N–H and O–H groups in total. The van der Waals surface area contributed by atoms with Crippen molar-refractivity contribution in [1.29, 1.82) is 0 Å². The summed E-state index contributed by atoms with van der Waals surface area (Å²) in [6.45, 7) is 2.07. The molecule has 0 bridgehead atoms. The maximum absolute atomic E-state index is 12.5. The number of imidazole rings is 1. The van der Waals surface area contributed by atoms with Crippen molar-refractivity contribution in [3.05, 3.63) is 12.0 Å². The molecule has 1 fully saturated rings. The topological polar surface area (TPSA) is 114 Å². The normalized spacial score (nSPS) is 22.0. The molecule has 1 aliphatic heterocycles. The van der Waals surface area contributed by atoms with Crippen LogP contribution in [-0.4, -0.2) is 45.9 Å². The molecule has 0 saturated carbocycles. The van der Waals surface area contributed by atoms with Crippen molar-refractivity contribution in [3.63, 3.8) is 0 Å². The third kappa shape index (κ3) is 2.30. The molecule has 0 aromatic carbocycles. The van der Waals surface area contributed by atoms with Crippen LogP contribution < -0.4 is 5.73 Å². The lowest BCUT2D eigenvalue weighted by molar-refractivity contribution is 0.311. The summed E-state index contributed by atoms with van der Waals surface area (Å²) in [7, 11) is -1.99. The summed E-state index contributed by atoms with van der Waals surface area (Å²) >= 11 is 0. The van der Waals surface area contributed by atoms with Gasteiger partial charge in [0.05, 0.1) is 6.04 Å². The maximum Gasteiger partial charge on any atom is 0.262 e. The zero-order chi connectivity index (χ0) is 14.2. The van der Waals surface area contributed by atoms with Gasteiger partial charge in [-0.3, -0.25) is 0 Å². The molecule has 1 unspecified atom stereocenters. The highest BCUT2D eigenvalue weighted by molar-refractivity contribution is 7.89. The first-order chi connectivity index (χ1) is 8.87. The van der Waals surface area contributed by atoms with Crippen LogP contribution in [-0.2, 0) is 17.1 Å². The van der Waals surface area contributed by atoms with Gasteiger partial charge in [0.15, 0.2) is 10.9 Å². The number of oxime groups is 1. The Morgan fingerprint density at radius 2 is 2.32 bits per heavy atom. The first kappa shape index (κ1) is 13.8. The van der Waals surface area contributed by atoms with Gasteiger partial charge in [0, 0.05) is 19.8 Å². The third-order valence-electron chi connectivity index (χ3n) is 3.32. The van der Waals surface area contributed by atoms with Crippen molar-refractivity contribution in [2.45, 2.75) is 30.8 Å². The second-order valence-electron chi connectivity index (χ2n) is 4.54. The molecule has 0 aliphatic carbocycles. The molecule has 1 aromatic heterocycles. The van der Waals surface area contributed by atoms with Gasteiger partial charge in [-0.25, -0.2) is 13.4 Å². The summed E-state index contributed by atoms with van der Waals surface area (Å²) in [5.74, 6) is 0.520. The molecule has 1 atom stereocenters. The van der Waals surface area contributed by atoms with Crippen LogP contribution in [0.15, 0.2) is 16.4 Å². The number of hydrogen-bond acceptors (Lipinski definition) is 5. The number of rotatable bonds is 3. The second kappa shape index (κ2) is 4.82. The lowest BCUT2D eigenvalue weighted by atomic mass is 10.2. The monoisotopic (exact) mass is 287 g/mol. The van der Waals surface area contributed by atoms with E-state index in [4.69, 9.17) is 10.9 Å². The molecular formula is C10H17N5O3S. The molecule has 0 radical (unpaired) electrons. The fraction of sp³-hybridized carbons (Fsp3) is 0.600. The van der Waals surface area contributed by atoms with E-state index < -0.39 is 16.1 Å². The van der Waals surface area contributed by atoms with Crippen molar-refractivity contribution < 1.29 is 13.6 Å². The summed E-state index contributed by atoms with van der Waals surface area (Å²) in [5.41, 5.74) is 5.55. The first-order valence-corrected chi connectivity index (χ1v) is 7.31. The minimum Gasteiger partial charge on any atom is -0.409 e. The number of nitrogens with two attached hydrogens (primary N) is 1. The van der Waals surface area contributed by atoms with E-state index >= 15 is 0 Å². The van der Waals surface area contributed by atoms with E-state index in [1.165, 1.54) is 10.5 Å². The quantitative estimate of drug-likeness (QED) is 0.341. The van der Waals surface area contributed by atoms with Crippen LogP contribution in [0.5, 0.6) is 0 Å². The zero-order valence-corrected chi connectivity index (χ0v) is 11.6. The van der Waals surface area contributed by atoms with Crippen LogP contribution in [0.3, 0.4) is 0 Å². The van der Waals surface area contributed by atoms with Gasteiger partial charge in [-0.2, -0.15) is 4.31 Å². The van der Waals surface area contributed by atoms with Crippen LogP contribution in [0.1, 0.15) is 18.7 Å². The van der Waals surface area contributed by atoms with E-state index in [0.717, 1.165) is 0 Å². The van der Waals surface area contributed by atoms with Crippen LogP contribution in [0, 0.1) is 6.92 Å². The standard InChI is InChI=1S/C10H17N5O3S/c1-7-12-9(6-14(7)2)19(17,18)15-5-3-4-8(15)10(11)13-16/h6,8,16H,3-5H2,1-2H3,(H2,11,13). The Morgan fingerprint density at radius 3 is 2.84 bits per heavy atom. The Morgan fingerprint density at radius 1 is 1.63 bits per heavy atom. The SMILES string of the molecule is Cc1nc(S(=O)(=O)N2CCCC2C(N)=NO)cn1C. The Kier molecular flexibility index (Phi) is 3.50. The number of hydrogen-bond donors (Lipinski definition) is 2. The van der Waals surface area contributed by atoms with Gasteiger partial charge < -0.3 is 15.5 Å². The fourth-order valence-electron chi connectivity index (χ4n) is 2.16. The van der Waals surface area contributed by atoms with E-state index in [-0.39, 0.29) is 10.9 Å². The van der Waals surface area contributed by atoms with Gasteiger partial charge in [0.25, 0.3) is 10.0 Å². The van der Waals surface area contributed by atoms with Crippen molar-refractivity contribution >= 4 is 15.9 Å². The minimum absolute atomic E-state index is 0.00913. The molecule has 8 nitrogen and oxygen atoms in total. The van der Waals surface area contributed by atoms with Crippen molar-refractivity contribution in [3.8, 4) is 0 Å². The number of amidine groups is 1. The van der Waals surface area contributed by atoms with Crippen LogP contribution >= 0.6 is 0 Å². The van der Waals surface area contributed by atoms with Gasteiger partial charge >= 0.3 is 0 Å². The van der Waals surface area contributed by atoms with Gasteiger partial charge in [0.2, 0.25) is 0 Å². The largest absolute Gasteiger partial charge is 0.409 e. The molecule has 106 valence electrons. The van der Waals surface area contributed by atoms with Crippen molar-refractivity contribution in [2.24, 2.45) is 17.9 Å². The summed E-state index contributed by atoms with van der Waals surface area (Å²) in [6, 6.07) is -0.600. The molecular weight excluding hydrogens is 270 g/mol. The maximum atomic E-state index is 12.5. The molecule has 1 saturated heterocycles. The van der Waals surface area contributed by atoms with Gasteiger partial charge in [-0.05, 0) is 19.8 Å². The highest BCUT2D eigenvalue weighted by Crippen LogP contribution is 2.25. The van der Waals surface area contributed by atoms with Crippen LogP contribution in [0.25, 0.3) is 0 Å². The predicted molar refractivity (Wildman–Crippen MR) is 68.3 cm³/mol. The van der Waals surface area contributed by atoms with Gasteiger partial charge in [0.1, 0.15) is 5.82 Å². The molecule has 19 heavy (non-hydrogen) atoms. The lowest BCUT2D eigenvalue weighted by Gasteiger charge is -2.21. The minimum atomic E-state index is -3.72. The van der Waals surface area contributed by atoms with E-state index in [0.29, 0.717) is 25.2 Å². The molecule has 0 spiro atoms. The molecule has 2 rings (SSSR count). The average Bonchev–Trinajstić information content (AvgIpc) is 2.97. The fourth-order valence-corrected chi connectivity index (χ4v) is 3.86. The molecule has 9 heteroatoms. The van der Waals surface area contributed by atoms with E-state index in [2.05, 4.69) is 10.1 Å². The van der Waals surface area contributed by atoms with E-state index in [1.54, 1.807) is 18.5 Å². The molecule has 1 aromatic rings. The Hall–Kier alpha value is -1.61. The van der Waals surface area contributed by atoms with Crippen molar-refractivity contribution in [2.75, 3.05) is 6.54 Å². The number of aromatic nitrogens is 2. The lowest BCUT2D eigenvalue weighted by Crippen LogP contribution is -2.43. The molecule has 0 amide bonds. The Balaban J connectivity index is 2.39. The Bertz CT molecular complexity index is 587. The summed E-state index contributed by atoms with van der Waals surface area (Å²) in [5, 5.41) is 11.6. The summed E-state index contributed by atoms with van der Waals surface area (Å²) < 4.78 is 27.9. The summed E-state index contributed by atoms with van der Waals surface area (Å²) in [6.07, 6.45) is 2.68. The zero-order valence-electron chi connectivity index (χ0n) is 10.8. The van der Waals surface area contributed by atoms with Crippen LogP contribution in [0.2, 0.25) is 0 Å². The molecule has 2 heterocycles. The smallest absolute Gasteiger partial charge is 0.262 e. The first-order valence-electron chi connectivity index (χ1n) is 5.87.